The molecule has 2 N–H and O–H groups in total. The van der Waals surface area contributed by atoms with Crippen molar-refractivity contribution in [3.63, 3.8) is 0 Å². The van der Waals surface area contributed by atoms with E-state index in [4.69, 9.17) is 0 Å². The van der Waals surface area contributed by atoms with Crippen LogP contribution in [0.2, 0.25) is 0 Å². The molecule has 5 nitrogen and oxygen atoms in total. The highest BCUT2D eigenvalue weighted by Gasteiger charge is 2.30. The van der Waals surface area contributed by atoms with Crippen molar-refractivity contribution >= 4 is 39.5 Å². The average Bonchev–Trinajstić information content (AvgIpc) is 3.40. The molecule has 0 bridgehead atoms. The lowest BCUT2D eigenvalue weighted by atomic mass is 10.3. The highest BCUT2D eigenvalue weighted by molar-refractivity contribution is 9.10. The first kappa shape index (κ1) is 16.0. The normalized spacial score (nSPS) is 13.4. The zero-order chi connectivity index (χ0) is 16.2. The molecular weight excluding hydrogens is 378 g/mol. The van der Waals surface area contributed by atoms with Crippen molar-refractivity contribution in [1.82, 2.24) is 15.8 Å². The molecule has 23 heavy (non-hydrogen) atoms. The van der Waals surface area contributed by atoms with Crippen LogP contribution in [-0.2, 0) is 4.79 Å². The maximum Gasteiger partial charge on any atom is 0.272 e. The van der Waals surface area contributed by atoms with E-state index in [1.165, 1.54) is 11.8 Å². The first-order valence-corrected chi connectivity index (χ1v) is 8.73. The number of carbonyl (C=O) groups excluding carboxylic acids is 2. The second kappa shape index (κ2) is 7.14. The monoisotopic (exact) mass is 391 g/mol. The SMILES string of the molecule is O=C(NNC(=O)C1CC1)c1cccnc1Sc1ccc(Br)cc1. The van der Waals surface area contributed by atoms with Crippen LogP contribution in [0.1, 0.15) is 23.2 Å². The Morgan fingerprint density at radius 1 is 1.13 bits per heavy atom. The second-order valence-electron chi connectivity index (χ2n) is 5.13. The summed E-state index contributed by atoms with van der Waals surface area (Å²) < 4.78 is 0.989. The molecule has 3 rings (SSSR count). The van der Waals surface area contributed by atoms with E-state index < -0.39 is 0 Å². The summed E-state index contributed by atoms with van der Waals surface area (Å²) in [6, 6.07) is 11.1. The number of hydrazine groups is 1. The molecule has 118 valence electrons. The summed E-state index contributed by atoms with van der Waals surface area (Å²) in [5, 5.41) is 0.591. The summed E-state index contributed by atoms with van der Waals surface area (Å²) >= 11 is 4.79. The molecule has 1 heterocycles. The summed E-state index contributed by atoms with van der Waals surface area (Å²) in [5.74, 6) is -0.461. The van der Waals surface area contributed by atoms with Gasteiger partial charge in [0.25, 0.3) is 5.91 Å². The van der Waals surface area contributed by atoms with Crippen molar-refractivity contribution in [1.29, 1.82) is 0 Å². The Labute approximate surface area is 146 Å². The number of nitrogens with zero attached hydrogens (tertiary/aromatic N) is 1. The molecule has 0 spiro atoms. The van der Waals surface area contributed by atoms with E-state index >= 15 is 0 Å². The van der Waals surface area contributed by atoms with E-state index in [0.29, 0.717) is 10.6 Å². The van der Waals surface area contributed by atoms with Crippen LogP contribution in [0, 0.1) is 5.92 Å². The van der Waals surface area contributed by atoms with Crippen LogP contribution in [0.3, 0.4) is 0 Å². The van der Waals surface area contributed by atoms with Gasteiger partial charge in [0.2, 0.25) is 5.91 Å². The number of pyridine rings is 1. The Morgan fingerprint density at radius 3 is 2.57 bits per heavy atom. The number of hydrogen-bond acceptors (Lipinski definition) is 4. The van der Waals surface area contributed by atoms with Gasteiger partial charge < -0.3 is 0 Å². The van der Waals surface area contributed by atoms with Crippen molar-refractivity contribution in [2.45, 2.75) is 22.8 Å². The highest BCUT2D eigenvalue weighted by atomic mass is 79.9. The number of nitrogens with one attached hydrogen (secondary N) is 2. The van der Waals surface area contributed by atoms with Crippen LogP contribution < -0.4 is 10.9 Å². The van der Waals surface area contributed by atoms with Crippen LogP contribution in [-0.4, -0.2) is 16.8 Å². The number of rotatable bonds is 4. The van der Waals surface area contributed by atoms with Gasteiger partial charge in [-0.15, -0.1) is 0 Å². The van der Waals surface area contributed by atoms with Crippen LogP contribution in [0.25, 0.3) is 0 Å². The number of aromatic nitrogens is 1. The van der Waals surface area contributed by atoms with Gasteiger partial charge in [-0.05, 0) is 49.2 Å². The molecular formula is C16H14BrN3O2S. The first-order valence-electron chi connectivity index (χ1n) is 7.12. The van der Waals surface area contributed by atoms with Crippen molar-refractivity contribution in [2.24, 2.45) is 5.92 Å². The van der Waals surface area contributed by atoms with Crippen LogP contribution >= 0.6 is 27.7 Å². The van der Waals surface area contributed by atoms with Crippen molar-refractivity contribution in [3.8, 4) is 0 Å². The Kier molecular flexibility index (Phi) is 4.97. The van der Waals surface area contributed by atoms with Crippen LogP contribution in [0.15, 0.2) is 57.0 Å². The van der Waals surface area contributed by atoms with Gasteiger partial charge in [0.05, 0.1) is 5.56 Å². The summed E-state index contributed by atoms with van der Waals surface area (Å²) in [6.07, 6.45) is 3.42. The minimum atomic E-state index is -0.369. The summed E-state index contributed by atoms with van der Waals surface area (Å²) in [7, 11) is 0. The number of carbonyl (C=O) groups is 2. The number of hydrogen-bond donors (Lipinski definition) is 2. The minimum absolute atomic E-state index is 0.0424. The van der Waals surface area contributed by atoms with Gasteiger partial charge in [-0.2, -0.15) is 0 Å². The molecule has 0 saturated heterocycles. The number of benzene rings is 1. The van der Waals surface area contributed by atoms with Gasteiger partial charge in [-0.1, -0.05) is 27.7 Å². The molecule has 7 heteroatoms. The molecule has 1 aliphatic carbocycles. The summed E-state index contributed by atoms with van der Waals surface area (Å²) in [4.78, 5) is 29.1. The van der Waals surface area contributed by atoms with E-state index in [9.17, 15) is 9.59 Å². The Bertz CT molecular complexity index is 732. The van der Waals surface area contributed by atoms with Gasteiger partial charge in [-0.25, -0.2) is 4.98 Å². The third-order valence-corrected chi connectivity index (χ3v) is 4.85. The fraction of sp³-hybridized carbons (Fsp3) is 0.188. The van der Waals surface area contributed by atoms with Crippen molar-refractivity contribution < 1.29 is 9.59 Å². The van der Waals surface area contributed by atoms with Crippen LogP contribution in [0.5, 0.6) is 0 Å². The molecule has 1 fully saturated rings. The Hall–Kier alpha value is -1.86. The quantitative estimate of drug-likeness (QED) is 0.785. The lowest BCUT2D eigenvalue weighted by Crippen LogP contribution is -2.42. The number of halogens is 1. The highest BCUT2D eigenvalue weighted by Crippen LogP contribution is 2.30. The average molecular weight is 392 g/mol. The lowest BCUT2D eigenvalue weighted by Gasteiger charge is -2.10. The maximum absolute atomic E-state index is 12.3. The molecule has 0 unspecified atom stereocenters. The number of amides is 2. The molecule has 0 aliphatic heterocycles. The maximum atomic E-state index is 12.3. The minimum Gasteiger partial charge on any atom is -0.273 e. The predicted molar refractivity (Wildman–Crippen MR) is 90.8 cm³/mol. The topological polar surface area (TPSA) is 71.1 Å². The standard InChI is InChI=1S/C16H14BrN3O2S/c17-11-5-7-12(8-6-11)23-16-13(2-1-9-18-16)15(22)20-19-14(21)10-3-4-10/h1-2,5-10H,3-4H2,(H,19,21)(H,20,22). The van der Waals surface area contributed by atoms with E-state index in [1.807, 2.05) is 24.3 Å². The Morgan fingerprint density at radius 2 is 1.87 bits per heavy atom. The van der Waals surface area contributed by atoms with Crippen molar-refractivity contribution in [2.75, 3.05) is 0 Å². The van der Waals surface area contributed by atoms with Gasteiger partial charge in [0.1, 0.15) is 5.03 Å². The largest absolute Gasteiger partial charge is 0.273 e. The fourth-order valence-corrected chi connectivity index (χ4v) is 3.04. The van der Waals surface area contributed by atoms with Gasteiger partial charge in [0.15, 0.2) is 0 Å². The third-order valence-electron chi connectivity index (χ3n) is 3.29. The summed E-state index contributed by atoms with van der Waals surface area (Å²) in [6.45, 7) is 0. The molecule has 2 amide bonds. The predicted octanol–water partition coefficient (Wildman–Crippen LogP) is 3.17. The lowest BCUT2D eigenvalue weighted by molar-refractivity contribution is -0.123. The molecule has 1 aromatic heterocycles. The molecule has 0 atom stereocenters. The van der Waals surface area contributed by atoms with E-state index in [-0.39, 0.29) is 17.7 Å². The first-order chi connectivity index (χ1) is 11.1. The van der Waals surface area contributed by atoms with Gasteiger partial charge in [0, 0.05) is 21.5 Å². The molecule has 1 saturated carbocycles. The molecule has 0 radical (unpaired) electrons. The third kappa shape index (κ3) is 4.33. The molecule has 1 aliphatic rings. The zero-order valence-electron chi connectivity index (χ0n) is 12.1. The van der Waals surface area contributed by atoms with Crippen molar-refractivity contribution in [3.05, 3.63) is 52.6 Å². The van der Waals surface area contributed by atoms with E-state index in [1.54, 1.807) is 18.3 Å². The van der Waals surface area contributed by atoms with E-state index in [2.05, 4.69) is 31.8 Å². The Balaban J connectivity index is 1.70. The zero-order valence-corrected chi connectivity index (χ0v) is 14.5. The smallest absolute Gasteiger partial charge is 0.272 e. The van der Waals surface area contributed by atoms with Gasteiger partial charge in [-0.3, -0.25) is 20.4 Å². The molecule has 1 aromatic carbocycles. The van der Waals surface area contributed by atoms with Gasteiger partial charge >= 0.3 is 0 Å². The molecule has 2 aromatic rings. The van der Waals surface area contributed by atoms with E-state index in [0.717, 1.165) is 22.2 Å². The summed E-state index contributed by atoms with van der Waals surface area (Å²) in [5.41, 5.74) is 5.34. The van der Waals surface area contributed by atoms with Crippen LogP contribution in [0.4, 0.5) is 0 Å². The second-order valence-corrected chi connectivity index (χ2v) is 7.11. The fourth-order valence-electron chi connectivity index (χ4n) is 1.89.